The Morgan fingerprint density at radius 1 is 1.29 bits per heavy atom. The minimum absolute atomic E-state index is 0.0342. The van der Waals surface area contributed by atoms with Crippen LogP contribution in [0.2, 0.25) is 0 Å². The molecule has 0 aliphatic rings. The van der Waals surface area contributed by atoms with E-state index in [1.54, 1.807) is 4.90 Å². The van der Waals surface area contributed by atoms with E-state index < -0.39 is 0 Å². The van der Waals surface area contributed by atoms with Crippen molar-refractivity contribution in [3.05, 3.63) is 0 Å². The van der Waals surface area contributed by atoms with Crippen molar-refractivity contribution in [3.8, 4) is 0 Å². The van der Waals surface area contributed by atoms with Gasteiger partial charge in [-0.2, -0.15) is 0 Å². The number of nitrogens with zero attached hydrogens (tertiary/aromatic N) is 1. The third-order valence-electron chi connectivity index (χ3n) is 2.65. The molecule has 1 amide bonds. The molecule has 0 bridgehead atoms. The van der Waals surface area contributed by atoms with Crippen molar-refractivity contribution in [1.82, 2.24) is 10.2 Å². The van der Waals surface area contributed by atoms with Crippen LogP contribution in [-0.2, 0) is 14.3 Å². The van der Waals surface area contributed by atoms with Gasteiger partial charge in [-0.25, -0.2) is 0 Å². The Labute approximate surface area is 103 Å². The summed E-state index contributed by atoms with van der Waals surface area (Å²) in [5.74, 6) is -0.0900. The number of methoxy groups -OCH3 is 1. The molecule has 0 aromatic rings. The molecular formula is C12H24N2O3. The van der Waals surface area contributed by atoms with E-state index in [-0.39, 0.29) is 17.9 Å². The van der Waals surface area contributed by atoms with Crippen molar-refractivity contribution in [2.24, 2.45) is 0 Å². The van der Waals surface area contributed by atoms with Crippen LogP contribution in [0, 0.1) is 0 Å². The van der Waals surface area contributed by atoms with Gasteiger partial charge in [0.1, 0.15) is 0 Å². The smallest absolute Gasteiger partial charge is 0.307 e. The molecular weight excluding hydrogens is 220 g/mol. The number of nitrogens with one attached hydrogen (secondary N) is 1. The Morgan fingerprint density at radius 2 is 1.88 bits per heavy atom. The van der Waals surface area contributed by atoms with Crippen molar-refractivity contribution >= 4 is 11.9 Å². The van der Waals surface area contributed by atoms with Crippen molar-refractivity contribution in [2.75, 3.05) is 26.7 Å². The molecule has 0 aromatic heterocycles. The topological polar surface area (TPSA) is 58.6 Å². The SMILES string of the molecule is CCN(CC)C(=O)CCNC(C)CC(=O)OC. The van der Waals surface area contributed by atoms with Crippen molar-refractivity contribution in [3.63, 3.8) is 0 Å². The van der Waals surface area contributed by atoms with Gasteiger partial charge in [0.25, 0.3) is 0 Å². The fourth-order valence-corrected chi connectivity index (χ4v) is 1.57. The maximum absolute atomic E-state index is 11.7. The van der Waals surface area contributed by atoms with Crippen molar-refractivity contribution < 1.29 is 14.3 Å². The summed E-state index contributed by atoms with van der Waals surface area (Å²) in [4.78, 5) is 24.4. The highest BCUT2D eigenvalue weighted by molar-refractivity contribution is 5.76. The van der Waals surface area contributed by atoms with Crippen LogP contribution in [0.15, 0.2) is 0 Å². The first-order chi connectivity index (χ1) is 8.04. The van der Waals surface area contributed by atoms with E-state index in [9.17, 15) is 9.59 Å². The molecule has 0 radical (unpaired) electrons. The second-order valence-corrected chi connectivity index (χ2v) is 3.95. The summed E-state index contributed by atoms with van der Waals surface area (Å²) >= 11 is 0. The lowest BCUT2D eigenvalue weighted by molar-refractivity contribution is -0.141. The molecule has 0 fully saturated rings. The highest BCUT2D eigenvalue weighted by atomic mass is 16.5. The largest absolute Gasteiger partial charge is 0.469 e. The van der Waals surface area contributed by atoms with Crippen LogP contribution in [0.4, 0.5) is 0 Å². The lowest BCUT2D eigenvalue weighted by Gasteiger charge is -2.19. The molecule has 0 aliphatic carbocycles. The van der Waals surface area contributed by atoms with E-state index in [4.69, 9.17) is 0 Å². The Balaban J connectivity index is 3.75. The molecule has 0 spiro atoms. The monoisotopic (exact) mass is 244 g/mol. The van der Waals surface area contributed by atoms with Gasteiger partial charge in [0.15, 0.2) is 0 Å². The van der Waals surface area contributed by atoms with Gasteiger partial charge in [-0.1, -0.05) is 0 Å². The minimum Gasteiger partial charge on any atom is -0.469 e. The van der Waals surface area contributed by atoms with Crippen LogP contribution in [0.3, 0.4) is 0 Å². The number of ether oxygens (including phenoxy) is 1. The van der Waals surface area contributed by atoms with Crippen LogP contribution < -0.4 is 5.32 Å². The molecule has 1 N–H and O–H groups in total. The predicted octanol–water partition coefficient (Wildman–Crippen LogP) is 0.786. The number of amides is 1. The first kappa shape index (κ1) is 15.9. The highest BCUT2D eigenvalue weighted by Crippen LogP contribution is 1.96. The Bertz CT molecular complexity index is 240. The lowest BCUT2D eigenvalue weighted by atomic mass is 10.2. The number of carbonyl (C=O) groups is 2. The second-order valence-electron chi connectivity index (χ2n) is 3.95. The van der Waals surface area contributed by atoms with E-state index in [2.05, 4.69) is 10.1 Å². The van der Waals surface area contributed by atoms with Crippen molar-refractivity contribution in [1.29, 1.82) is 0 Å². The predicted molar refractivity (Wildman–Crippen MR) is 66.6 cm³/mol. The summed E-state index contributed by atoms with van der Waals surface area (Å²) in [6, 6.07) is 0.0342. The summed E-state index contributed by atoms with van der Waals surface area (Å²) in [5.41, 5.74) is 0. The molecule has 0 saturated carbocycles. The summed E-state index contributed by atoms with van der Waals surface area (Å²) < 4.78 is 4.57. The normalized spacial score (nSPS) is 12.0. The van der Waals surface area contributed by atoms with E-state index >= 15 is 0 Å². The van der Waals surface area contributed by atoms with Crippen LogP contribution >= 0.6 is 0 Å². The van der Waals surface area contributed by atoms with Gasteiger partial charge in [0.05, 0.1) is 13.5 Å². The quantitative estimate of drug-likeness (QED) is 0.641. The molecule has 0 rings (SSSR count). The van der Waals surface area contributed by atoms with Gasteiger partial charge < -0.3 is 15.0 Å². The second kappa shape index (κ2) is 8.98. The van der Waals surface area contributed by atoms with E-state index in [1.807, 2.05) is 20.8 Å². The zero-order valence-electron chi connectivity index (χ0n) is 11.3. The Hall–Kier alpha value is -1.10. The fourth-order valence-electron chi connectivity index (χ4n) is 1.57. The Morgan fingerprint density at radius 3 is 2.35 bits per heavy atom. The van der Waals surface area contributed by atoms with E-state index in [0.717, 1.165) is 13.1 Å². The summed E-state index contributed by atoms with van der Waals surface area (Å²) in [7, 11) is 1.37. The van der Waals surface area contributed by atoms with Gasteiger partial charge in [0, 0.05) is 32.1 Å². The molecule has 0 aliphatic heterocycles. The first-order valence-electron chi connectivity index (χ1n) is 6.13. The van der Waals surface area contributed by atoms with Gasteiger partial charge in [0.2, 0.25) is 5.91 Å². The number of esters is 1. The molecule has 0 aromatic carbocycles. The molecule has 0 saturated heterocycles. The molecule has 5 heteroatoms. The van der Waals surface area contributed by atoms with Gasteiger partial charge >= 0.3 is 5.97 Å². The first-order valence-corrected chi connectivity index (χ1v) is 6.13. The average Bonchev–Trinajstić information content (AvgIpc) is 2.30. The minimum atomic E-state index is -0.236. The molecule has 17 heavy (non-hydrogen) atoms. The van der Waals surface area contributed by atoms with Gasteiger partial charge in [-0.05, 0) is 20.8 Å². The summed E-state index contributed by atoms with van der Waals surface area (Å²) in [6.07, 6.45) is 0.795. The summed E-state index contributed by atoms with van der Waals surface area (Å²) in [5, 5.41) is 3.13. The fraction of sp³-hybridized carbons (Fsp3) is 0.833. The third kappa shape index (κ3) is 6.94. The van der Waals surface area contributed by atoms with E-state index in [0.29, 0.717) is 19.4 Å². The number of hydrogen-bond acceptors (Lipinski definition) is 4. The standard InChI is InChI=1S/C12H24N2O3/c1-5-14(6-2)11(15)7-8-13-10(3)9-12(16)17-4/h10,13H,5-9H2,1-4H3. The van der Waals surface area contributed by atoms with Gasteiger partial charge in [-0.3, -0.25) is 9.59 Å². The van der Waals surface area contributed by atoms with Crippen molar-refractivity contribution in [2.45, 2.75) is 39.7 Å². The molecule has 100 valence electrons. The number of rotatable bonds is 8. The van der Waals surface area contributed by atoms with Crippen LogP contribution in [0.1, 0.15) is 33.6 Å². The zero-order valence-corrected chi connectivity index (χ0v) is 11.3. The molecule has 0 heterocycles. The summed E-state index contributed by atoms with van der Waals surface area (Å²) in [6.45, 7) is 7.91. The van der Waals surface area contributed by atoms with Crippen LogP contribution in [0.5, 0.6) is 0 Å². The molecule has 5 nitrogen and oxygen atoms in total. The zero-order chi connectivity index (χ0) is 13.3. The third-order valence-corrected chi connectivity index (χ3v) is 2.65. The molecule has 1 atom stereocenters. The maximum atomic E-state index is 11.7. The lowest BCUT2D eigenvalue weighted by Crippen LogP contribution is -2.35. The van der Waals surface area contributed by atoms with Crippen LogP contribution in [0.25, 0.3) is 0 Å². The number of hydrogen-bond donors (Lipinski definition) is 1. The average molecular weight is 244 g/mol. The highest BCUT2D eigenvalue weighted by Gasteiger charge is 2.11. The number of carbonyl (C=O) groups excluding carboxylic acids is 2. The van der Waals surface area contributed by atoms with Crippen LogP contribution in [-0.4, -0.2) is 49.6 Å². The van der Waals surface area contributed by atoms with E-state index in [1.165, 1.54) is 7.11 Å². The van der Waals surface area contributed by atoms with Gasteiger partial charge in [-0.15, -0.1) is 0 Å². The Kier molecular flexibility index (Phi) is 8.40. The maximum Gasteiger partial charge on any atom is 0.307 e. The molecule has 1 unspecified atom stereocenters.